The predicted molar refractivity (Wildman–Crippen MR) is 89.2 cm³/mol. The van der Waals surface area contributed by atoms with Gasteiger partial charge in [0.1, 0.15) is 5.75 Å². The number of benzene rings is 1. The molecule has 0 radical (unpaired) electrons. The first-order valence-electron chi connectivity index (χ1n) is 6.80. The van der Waals surface area contributed by atoms with Crippen LogP contribution in [0.3, 0.4) is 0 Å². The van der Waals surface area contributed by atoms with E-state index in [0.29, 0.717) is 15.0 Å². The summed E-state index contributed by atoms with van der Waals surface area (Å²) in [6.45, 7) is 0. The summed E-state index contributed by atoms with van der Waals surface area (Å²) in [5, 5.41) is 2.84. The van der Waals surface area contributed by atoms with Crippen LogP contribution in [0.25, 0.3) is 0 Å². The SMILES string of the molecule is COC(=O)CC(NC(=O)c1ccc(Cl)s1)c1ccc(OC)cc1. The number of halogens is 1. The topological polar surface area (TPSA) is 64.6 Å². The summed E-state index contributed by atoms with van der Waals surface area (Å²) in [6.07, 6.45) is 0.0354. The Bertz CT molecular complexity index is 684. The number of esters is 1. The van der Waals surface area contributed by atoms with Gasteiger partial charge < -0.3 is 14.8 Å². The lowest BCUT2D eigenvalue weighted by Crippen LogP contribution is -2.30. The van der Waals surface area contributed by atoms with Gasteiger partial charge in [0.05, 0.1) is 35.9 Å². The van der Waals surface area contributed by atoms with E-state index in [1.54, 1.807) is 43.5 Å². The quantitative estimate of drug-likeness (QED) is 0.808. The molecule has 122 valence electrons. The van der Waals surface area contributed by atoms with Crippen LogP contribution in [0.15, 0.2) is 36.4 Å². The van der Waals surface area contributed by atoms with Gasteiger partial charge in [-0.15, -0.1) is 11.3 Å². The Hall–Kier alpha value is -2.05. The van der Waals surface area contributed by atoms with Crippen LogP contribution in [0, 0.1) is 0 Å². The highest BCUT2D eigenvalue weighted by atomic mass is 35.5. The Labute approximate surface area is 143 Å². The van der Waals surface area contributed by atoms with E-state index in [4.69, 9.17) is 21.1 Å². The zero-order chi connectivity index (χ0) is 16.8. The molecule has 1 heterocycles. The molecule has 1 unspecified atom stereocenters. The minimum Gasteiger partial charge on any atom is -0.497 e. The summed E-state index contributed by atoms with van der Waals surface area (Å²) >= 11 is 7.03. The third-order valence-electron chi connectivity index (χ3n) is 3.22. The van der Waals surface area contributed by atoms with Crippen molar-refractivity contribution in [3.8, 4) is 5.75 Å². The third kappa shape index (κ3) is 4.71. The lowest BCUT2D eigenvalue weighted by atomic mass is 10.0. The molecular weight excluding hydrogens is 338 g/mol. The van der Waals surface area contributed by atoms with E-state index in [1.807, 2.05) is 0 Å². The summed E-state index contributed by atoms with van der Waals surface area (Å²) in [5.74, 6) is 0.00360. The van der Waals surface area contributed by atoms with Gasteiger partial charge in [-0.25, -0.2) is 0 Å². The standard InChI is InChI=1S/C16H16ClNO4S/c1-21-11-5-3-10(4-6-11)12(9-15(19)22-2)18-16(20)13-7-8-14(17)23-13/h3-8,12H,9H2,1-2H3,(H,18,20). The Balaban J connectivity index is 2.18. The van der Waals surface area contributed by atoms with E-state index < -0.39 is 12.0 Å². The molecule has 0 saturated carbocycles. The Morgan fingerprint density at radius 2 is 1.87 bits per heavy atom. The zero-order valence-corrected chi connectivity index (χ0v) is 14.2. The van der Waals surface area contributed by atoms with Crippen LogP contribution in [0.5, 0.6) is 5.75 Å². The van der Waals surface area contributed by atoms with E-state index in [0.717, 1.165) is 5.56 Å². The van der Waals surface area contributed by atoms with Crippen LogP contribution < -0.4 is 10.1 Å². The van der Waals surface area contributed by atoms with Crippen molar-refractivity contribution in [2.24, 2.45) is 0 Å². The molecule has 0 saturated heterocycles. The molecule has 0 aliphatic heterocycles. The second-order valence-corrected chi connectivity index (χ2v) is 6.40. The molecule has 1 amide bonds. The molecule has 0 fully saturated rings. The maximum atomic E-state index is 12.3. The van der Waals surface area contributed by atoms with Gasteiger partial charge in [-0.05, 0) is 29.8 Å². The number of hydrogen-bond acceptors (Lipinski definition) is 5. The van der Waals surface area contributed by atoms with Crippen molar-refractivity contribution in [2.75, 3.05) is 14.2 Å². The average molecular weight is 354 g/mol. The number of ether oxygens (including phenoxy) is 2. The van der Waals surface area contributed by atoms with Crippen LogP contribution in [-0.4, -0.2) is 26.1 Å². The summed E-state index contributed by atoms with van der Waals surface area (Å²) in [7, 11) is 2.89. The monoisotopic (exact) mass is 353 g/mol. The molecule has 2 rings (SSSR count). The van der Waals surface area contributed by atoms with Crippen molar-refractivity contribution < 1.29 is 19.1 Å². The average Bonchev–Trinajstić information content (AvgIpc) is 3.00. The van der Waals surface area contributed by atoms with Gasteiger partial charge in [0.2, 0.25) is 0 Å². The Morgan fingerprint density at radius 1 is 1.17 bits per heavy atom. The van der Waals surface area contributed by atoms with Crippen molar-refractivity contribution in [2.45, 2.75) is 12.5 Å². The number of methoxy groups -OCH3 is 2. The molecule has 5 nitrogen and oxygen atoms in total. The van der Waals surface area contributed by atoms with Crippen molar-refractivity contribution >= 4 is 34.8 Å². The highest BCUT2D eigenvalue weighted by Gasteiger charge is 2.20. The maximum Gasteiger partial charge on any atom is 0.307 e. The number of carbonyl (C=O) groups excluding carboxylic acids is 2. The number of thiophene rings is 1. The van der Waals surface area contributed by atoms with E-state index in [-0.39, 0.29) is 12.3 Å². The van der Waals surface area contributed by atoms with Crippen LogP contribution >= 0.6 is 22.9 Å². The number of hydrogen-bond donors (Lipinski definition) is 1. The number of amides is 1. The summed E-state index contributed by atoms with van der Waals surface area (Å²) in [4.78, 5) is 24.4. The molecule has 0 spiro atoms. The van der Waals surface area contributed by atoms with Crippen molar-refractivity contribution in [1.29, 1.82) is 0 Å². The van der Waals surface area contributed by atoms with Crippen LogP contribution in [0.4, 0.5) is 0 Å². The third-order valence-corrected chi connectivity index (χ3v) is 4.45. The molecule has 0 aliphatic carbocycles. The van der Waals surface area contributed by atoms with Crippen LogP contribution in [0.2, 0.25) is 4.34 Å². The predicted octanol–water partition coefficient (Wildman–Crippen LogP) is 3.44. The lowest BCUT2D eigenvalue weighted by molar-refractivity contribution is -0.141. The second-order valence-electron chi connectivity index (χ2n) is 4.68. The molecular formula is C16H16ClNO4S. The fraction of sp³-hybridized carbons (Fsp3) is 0.250. The van der Waals surface area contributed by atoms with Crippen molar-refractivity contribution in [1.82, 2.24) is 5.32 Å². The molecule has 0 bridgehead atoms. The van der Waals surface area contributed by atoms with Gasteiger partial charge in [-0.1, -0.05) is 23.7 Å². The summed E-state index contributed by atoms with van der Waals surface area (Å²) < 4.78 is 10.3. The first-order valence-corrected chi connectivity index (χ1v) is 8.00. The van der Waals surface area contributed by atoms with Crippen LogP contribution in [0.1, 0.15) is 27.7 Å². The highest BCUT2D eigenvalue weighted by molar-refractivity contribution is 7.18. The number of nitrogens with one attached hydrogen (secondary N) is 1. The van der Waals surface area contributed by atoms with Gasteiger partial charge in [0.25, 0.3) is 5.91 Å². The van der Waals surface area contributed by atoms with Gasteiger partial charge in [-0.3, -0.25) is 9.59 Å². The number of carbonyl (C=O) groups is 2. The highest BCUT2D eigenvalue weighted by Crippen LogP contribution is 2.24. The first-order chi connectivity index (χ1) is 11.0. The fourth-order valence-corrected chi connectivity index (χ4v) is 2.95. The molecule has 7 heteroatoms. The summed E-state index contributed by atoms with van der Waals surface area (Å²) in [6, 6.07) is 9.95. The van der Waals surface area contributed by atoms with E-state index >= 15 is 0 Å². The smallest absolute Gasteiger partial charge is 0.307 e. The molecule has 23 heavy (non-hydrogen) atoms. The molecule has 1 aromatic heterocycles. The Morgan fingerprint density at radius 3 is 2.39 bits per heavy atom. The summed E-state index contributed by atoms with van der Waals surface area (Å²) in [5.41, 5.74) is 0.784. The molecule has 1 aromatic carbocycles. The van der Waals surface area contributed by atoms with Gasteiger partial charge in [-0.2, -0.15) is 0 Å². The van der Waals surface area contributed by atoms with Crippen LogP contribution in [-0.2, 0) is 9.53 Å². The minimum atomic E-state index is -0.498. The Kier molecular flexibility index (Phi) is 6.01. The van der Waals surface area contributed by atoms with Gasteiger partial charge in [0.15, 0.2) is 0 Å². The zero-order valence-electron chi connectivity index (χ0n) is 12.7. The first kappa shape index (κ1) is 17.3. The normalized spacial score (nSPS) is 11.6. The van der Waals surface area contributed by atoms with E-state index in [2.05, 4.69) is 5.32 Å². The lowest BCUT2D eigenvalue weighted by Gasteiger charge is -2.18. The molecule has 2 aromatic rings. The van der Waals surface area contributed by atoms with Crippen molar-refractivity contribution in [3.05, 3.63) is 51.2 Å². The van der Waals surface area contributed by atoms with Crippen molar-refractivity contribution in [3.63, 3.8) is 0 Å². The molecule has 0 aliphatic rings. The van der Waals surface area contributed by atoms with Gasteiger partial charge >= 0.3 is 5.97 Å². The fourth-order valence-electron chi connectivity index (χ4n) is 2.00. The second kappa shape index (κ2) is 7.99. The maximum absolute atomic E-state index is 12.3. The number of rotatable bonds is 6. The molecule has 1 N–H and O–H groups in total. The van der Waals surface area contributed by atoms with E-state index in [1.165, 1.54) is 18.4 Å². The minimum absolute atomic E-state index is 0.0354. The molecule has 1 atom stereocenters. The van der Waals surface area contributed by atoms with E-state index in [9.17, 15) is 9.59 Å². The van der Waals surface area contributed by atoms with Gasteiger partial charge in [0, 0.05) is 0 Å². The largest absolute Gasteiger partial charge is 0.497 e.